The molecule has 0 aliphatic heterocycles. The molecule has 0 aromatic rings. The largest absolute Gasteiger partial charge is 0.0654 e. The highest BCUT2D eigenvalue weighted by Crippen LogP contribution is 2.37. The van der Waals surface area contributed by atoms with Crippen LogP contribution in [0.3, 0.4) is 0 Å². The first-order valence-corrected chi connectivity index (χ1v) is 10.7. The fraction of sp³-hybridized carbons (Fsp3) is 1.00. The van der Waals surface area contributed by atoms with Crippen LogP contribution in [0, 0.1) is 23.7 Å². The summed E-state index contributed by atoms with van der Waals surface area (Å²) in [6, 6.07) is 0. The molecule has 0 aromatic carbocycles. The number of unbranched alkanes of at least 4 members (excludes halogenated alkanes) is 1. The quantitative estimate of drug-likeness (QED) is 0.466. The molecule has 0 radical (unpaired) electrons. The van der Waals surface area contributed by atoms with Crippen molar-refractivity contribution in [3.8, 4) is 0 Å². The van der Waals surface area contributed by atoms with Crippen molar-refractivity contribution >= 4 is 0 Å². The second kappa shape index (κ2) is 12.4. The summed E-state index contributed by atoms with van der Waals surface area (Å²) in [6.45, 7) is 9.87. The minimum Gasteiger partial charge on any atom is -0.0654 e. The van der Waals surface area contributed by atoms with Crippen LogP contribution in [0.1, 0.15) is 118 Å². The first kappa shape index (κ1) is 20.0. The van der Waals surface area contributed by atoms with Crippen LogP contribution in [-0.4, -0.2) is 0 Å². The molecule has 22 heavy (non-hydrogen) atoms. The number of hydrogen-bond acceptors (Lipinski definition) is 0. The van der Waals surface area contributed by atoms with E-state index in [1.165, 1.54) is 89.9 Å². The van der Waals surface area contributed by atoms with E-state index in [1.54, 1.807) is 0 Å². The molecular weight excluding hydrogens is 264 g/mol. The molecule has 4 atom stereocenters. The Balaban J connectivity index is 2.60. The predicted octanol–water partition coefficient (Wildman–Crippen LogP) is 8.01. The lowest BCUT2D eigenvalue weighted by Crippen LogP contribution is -2.24. The Morgan fingerprint density at radius 1 is 0.864 bits per heavy atom. The molecule has 132 valence electrons. The van der Waals surface area contributed by atoms with Gasteiger partial charge in [0.2, 0.25) is 0 Å². The highest BCUT2D eigenvalue weighted by atomic mass is 14.3. The van der Waals surface area contributed by atoms with Crippen LogP contribution in [0.25, 0.3) is 0 Å². The van der Waals surface area contributed by atoms with Crippen LogP contribution < -0.4 is 0 Å². The van der Waals surface area contributed by atoms with Gasteiger partial charge >= 0.3 is 0 Å². The Morgan fingerprint density at radius 2 is 1.45 bits per heavy atom. The SMILES string of the molecule is CCCCC(C)C(CC)C1CCCCCCCCCC(C)C1. The van der Waals surface area contributed by atoms with Crippen molar-refractivity contribution < 1.29 is 0 Å². The summed E-state index contributed by atoms with van der Waals surface area (Å²) in [6.07, 6.45) is 20.6. The third-order valence-electron chi connectivity index (χ3n) is 6.30. The molecule has 4 unspecified atom stereocenters. The van der Waals surface area contributed by atoms with E-state index in [0.29, 0.717) is 0 Å². The molecule has 1 aliphatic rings. The van der Waals surface area contributed by atoms with E-state index in [9.17, 15) is 0 Å². The Bertz CT molecular complexity index is 244. The first-order valence-electron chi connectivity index (χ1n) is 10.7. The van der Waals surface area contributed by atoms with Gasteiger partial charge in [-0.1, -0.05) is 111 Å². The molecule has 0 spiro atoms. The highest BCUT2D eigenvalue weighted by molar-refractivity contribution is 4.77. The van der Waals surface area contributed by atoms with Crippen LogP contribution in [-0.2, 0) is 0 Å². The third-order valence-corrected chi connectivity index (χ3v) is 6.30. The lowest BCUT2D eigenvalue weighted by molar-refractivity contribution is 0.170. The third kappa shape index (κ3) is 8.02. The molecule has 0 aromatic heterocycles. The fourth-order valence-electron chi connectivity index (χ4n) is 4.87. The van der Waals surface area contributed by atoms with Crippen molar-refractivity contribution in [1.29, 1.82) is 0 Å². The molecule has 1 saturated carbocycles. The zero-order valence-electron chi connectivity index (χ0n) is 16.2. The van der Waals surface area contributed by atoms with Crippen molar-refractivity contribution in [2.75, 3.05) is 0 Å². The standard InChI is InChI=1S/C22H44/c1-5-7-16-20(4)22(6-2)21-17-14-12-10-8-9-11-13-15-19(3)18-21/h19-22H,5-18H2,1-4H3. The van der Waals surface area contributed by atoms with Crippen molar-refractivity contribution in [1.82, 2.24) is 0 Å². The Labute approximate surface area is 141 Å². The monoisotopic (exact) mass is 308 g/mol. The number of hydrogen-bond donors (Lipinski definition) is 0. The summed E-state index contributed by atoms with van der Waals surface area (Å²) in [7, 11) is 0. The van der Waals surface area contributed by atoms with Crippen molar-refractivity contribution in [3.63, 3.8) is 0 Å². The van der Waals surface area contributed by atoms with Crippen molar-refractivity contribution in [2.45, 2.75) is 118 Å². The van der Waals surface area contributed by atoms with E-state index in [2.05, 4.69) is 27.7 Å². The maximum atomic E-state index is 2.55. The second-order valence-corrected chi connectivity index (χ2v) is 8.34. The normalized spacial score (nSPS) is 28.4. The lowest BCUT2D eigenvalue weighted by Gasteiger charge is -2.33. The van der Waals surface area contributed by atoms with Gasteiger partial charge in [-0.2, -0.15) is 0 Å². The van der Waals surface area contributed by atoms with E-state index in [4.69, 9.17) is 0 Å². The van der Waals surface area contributed by atoms with Crippen LogP contribution in [0.4, 0.5) is 0 Å². The average Bonchev–Trinajstić information content (AvgIpc) is 2.50. The molecule has 0 bridgehead atoms. The van der Waals surface area contributed by atoms with Gasteiger partial charge in [0.15, 0.2) is 0 Å². The summed E-state index contributed by atoms with van der Waals surface area (Å²) >= 11 is 0. The van der Waals surface area contributed by atoms with E-state index in [0.717, 1.165) is 23.7 Å². The van der Waals surface area contributed by atoms with Crippen LogP contribution in [0.2, 0.25) is 0 Å². The van der Waals surface area contributed by atoms with Gasteiger partial charge in [-0.15, -0.1) is 0 Å². The maximum absolute atomic E-state index is 2.55. The van der Waals surface area contributed by atoms with E-state index in [1.807, 2.05) is 0 Å². The molecule has 1 rings (SSSR count). The first-order chi connectivity index (χ1) is 10.7. The van der Waals surface area contributed by atoms with Crippen molar-refractivity contribution in [3.05, 3.63) is 0 Å². The highest BCUT2D eigenvalue weighted by Gasteiger charge is 2.26. The average molecular weight is 309 g/mol. The molecule has 0 nitrogen and oxygen atoms in total. The fourth-order valence-corrected chi connectivity index (χ4v) is 4.87. The molecule has 0 amide bonds. The molecule has 0 saturated heterocycles. The summed E-state index contributed by atoms with van der Waals surface area (Å²) in [4.78, 5) is 0. The second-order valence-electron chi connectivity index (χ2n) is 8.34. The van der Waals surface area contributed by atoms with E-state index in [-0.39, 0.29) is 0 Å². The zero-order chi connectivity index (χ0) is 16.2. The predicted molar refractivity (Wildman–Crippen MR) is 101 cm³/mol. The zero-order valence-corrected chi connectivity index (χ0v) is 16.2. The number of rotatable bonds is 6. The Kier molecular flexibility index (Phi) is 11.3. The summed E-state index contributed by atoms with van der Waals surface area (Å²) in [5.74, 6) is 3.88. The maximum Gasteiger partial charge on any atom is -0.0363 e. The molecule has 1 fully saturated rings. The molecule has 1 aliphatic carbocycles. The minimum absolute atomic E-state index is 0.940. The van der Waals surface area contributed by atoms with Gasteiger partial charge in [0.05, 0.1) is 0 Å². The van der Waals surface area contributed by atoms with E-state index < -0.39 is 0 Å². The Hall–Kier alpha value is 0. The molecule has 0 heterocycles. The van der Waals surface area contributed by atoms with Gasteiger partial charge in [0.1, 0.15) is 0 Å². The van der Waals surface area contributed by atoms with Crippen LogP contribution >= 0.6 is 0 Å². The Morgan fingerprint density at radius 3 is 2.05 bits per heavy atom. The van der Waals surface area contributed by atoms with Crippen LogP contribution in [0.15, 0.2) is 0 Å². The summed E-state index contributed by atoms with van der Waals surface area (Å²) in [5.41, 5.74) is 0. The van der Waals surface area contributed by atoms with Crippen LogP contribution in [0.5, 0.6) is 0 Å². The van der Waals surface area contributed by atoms with E-state index >= 15 is 0 Å². The van der Waals surface area contributed by atoms with Gasteiger partial charge < -0.3 is 0 Å². The smallest absolute Gasteiger partial charge is 0.0363 e. The molecule has 0 N–H and O–H groups in total. The van der Waals surface area contributed by atoms with Gasteiger partial charge in [-0.05, 0) is 30.1 Å². The topological polar surface area (TPSA) is 0 Å². The summed E-state index contributed by atoms with van der Waals surface area (Å²) in [5, 5.41) is 0. The molecule has 0 heteroatoms. The summed E-state index contributed by atoms with van der Waals surface area (Å²) < 4.78 is 0. The van der Waals surface area contributed by atoms with Gasteiger partial charge in [-0.3, -0.25) is 0 Å². The van der Waals surface area contributed by atoms with Gasteiger partial charge in [-0.25, -0.2) is 0 Å². The minimum atomic E-state index is 0.940. The van der Waals surface area contributed by atoms with Gasteiger partial charge in [0.25, 0.3) is 0 Å². The van der Waals surface area contributed by atoms with Gasteiger partial charge in [0, 0.05) is 0 Å². The molecular formula is C22H44. The van der Waals surface area contributed by atoms with Crippen molar-refractivity contribution in [2.24, 2.45) is 23.7 Å². The lowest BCUT2D eigenvalue weighted by atomic mass is 9.72.